The fourth-order valence-corrected chi connectivity index (χ4v) is 2.24. The maximum atomic E-state index is 13.6. The second-order valence-electron chi connectivity index (χ2n) is 4.20. The van der Waals surface area contributed by atoms with Crippen LogP contribution in [0, 0.1) is 5.82 Å². The van der Waals surface area contributed by atoms with Gasteiger partial charge in [-0.2, -0.15) is 13.2 Å². The summed E-state index contributed by atoms with van der Waals surface area (Å²) in [6, 6.07) is 2.60. The molecule has 2 rings (SSSR count). The van der Waals surface area contributed by atoms with E-state index in [-0.39, 0.29) is 18.0 Å². The van der Waals surface area contributed by atoms with Gasteiger partial charge in [0.15, 0.2) is 0 Å². The Morgan fingerprint density at radius 3 is 2.44 bits per heavy atom. The molecule has 18 heavy (non-hydrogen) atoms. The van der Waals surface area contributed by atoms with Gasteiger partial charge in [-0.25, -0.2) is 4.39 Å². The van der Waals surface area contributed by atoms with Crippen molar-refractivity contribution in [2.45, 2.75) is 31.5 Å². The number of hydrogen-bond donors (Lipinski definition) is 1. The number of piperidine rings is 1. The number of nitrogens with one attached hydrogen (secondary N) is 1. The van der Waals surface area contributed by atoms with E-state index in [4.69, 9.17) is 0 Å². The Morgan fingerprint density at radius 2 is 1.89 bits per heavy atom. The Morgan fingerprint density at radius 1 is 1.17 bits per heavy atom. The molecule has 1 aromatic rings. The van der Waals surface area contributed by atoms with E-state index in [1.807, 2.05) is 0 Å². The molecule has 1 N–H and O–H groups in total. The standard InChI is InChI=1S/C12H13F4N.ClH/c13-9-5-3-4-8(12(14,15)16)11(9)10-6-1-2-7-17-10;/h3-5,10,17H,1-2,6-7H2;1H/t10-;/m0./s1. The zero-order chi connectivity index (χ0) is 12.5. The minimum atomic E-state index is -4.50. The quantitative estimate of drug-likeness (QED) is 0.766. The average Bonchev–Trinajstić information content (AvgIpc) is 2.28. The van der Waals surface area contributed by atoms with E-state index in [0.29, 0.717) is 13.0 Å². The van der Waals surface area contributed by atoms with Gasteiger partial charge in [-0.1, -0.05) is 12.5 Å². The number of benzene rings is 1. The summed E-state index contributed by atoms with van der Waals surface area (Å²) in [5, 5.41) is 2.95. The van der Waals surface area contributed by atoms with Gasteiger partial charge in [0.05, 0.1) is 5.56 Å². The maximum absolute atomic E-state index is 13.6. The monoisotopic (exact) mass is 283 g/mol. The van der Waals surface area contributed by atoms with Crippen LogP contribution in [0.25, 0.3) is 0 Å². The van der Waals surface area contributed by atoms with Gasteiger partial charge in [0, 0.05) is 11.6 Å². The van der Waals surface area contributed by atoms with Crippen molar-refractivity contribution in [2.75, 3.05) is 6.54 Å². The molecular formula is C12H14ClF4N. The van der Waals surface area contributed by atoms with Crippen molar-refractivity contribution in [2.24, 2.45) is 0 Å². The van der Waals surface area contributed by atoms with Gasteiger partial charge in [-0.05, 0) is 31.5 Å². The highest BCUT2D eigenvalue weighted by molar-refractivity contribution is 5.85. The Labute approximate surface area is 109 Å². The molecule has 1 aromatic carbocycles. The van der Waals surface area contributed by atoms with Crippen molar-refractivity contribution in [3.05, 3.63) is 35.1 Å². The molecule has 6 heteroatoms. The van der Waals surface area contributed by atoms with Gasteiger partial charge in [0.1, 0.15) is 5.82 Å². The van der Waals surface area contributed by atoms with Crippen molar-refractivity contribution < 1.29 is 17.6 Å². The normalized spacial score (nSPS) is 20.3. The van der Waals surface area contributed by atoms with Crippen LogP contribution in [0.15, 0.2) is 18.2 Å². The third kappa shape index (κ3) is 3.14. The fraction of sp³-hybridized carbons (Fsp3) is 0.500. The molecule has 0 unspecified atom stereocenters. The molecule has 1 nitrogen and oxygen atoms in total. The summed E-state index contributed by atoms with van der Waals surface area (Å²) in [6.07, 6.45) is -2.21. The second kappa shape index (κ2) is 5.89. The predicted octanol–water partition coefficient (Wildman–Crippen LogP) is 4.08. The molecule has 0 spiro atoms. The molecule has 0 saturated carbocycles. The van der Waals surface area contributed by atoms with Crippen LogP contribution >= 0.6 is 12.4 Å². The van der Waals surface area contributed by atoms with Crippen molar-refractivity contribution in [1.82, 2.24) is 5.32 Å². The summed E-state index contributed by atoms with van der Waals surface area (Å²) in [5.41, 5.74) is -1.10. The summed E-state index contributed by atoms with van der Waals surface area (Å²) >= 11 is 0. The lowest BCUT2D eigenvalue weighted by atomic mass is 9.93. The van der Waals surface area contributed by atoms with Crippen LogP contribution in [0.2, 0.25) is 0 Å². The largest absolute Gasteiger partial charge is 0.416 e. The van der Waals surface area contributed by atoms with Crippen molar-refractivity contribution in [3.8, 4) is 0 Å². The molecular weight excluding hydrogens is 270 g/mol. The van der Waals surface area contributed by atoms with Gasteiger partial charge in [0.25, 0.3) is 0 Å². The highest BCUT2D eigenvalue weighted by Crippen LogP contribution is 2.37. The van der Waals surface area contributed by atoms with E-state index in [9.17, 15) is 17.6 Å². The third-order valence-electron chi connectivity index (χ3n) is 3.02. The van der Waals surface area contributed by atoms with E-state index < -0.39 is 23.6 Å². The fourth-order valence-electron chi connectivity index (χ4n) is 2.24. The SMILES string of the molecule is Cl.Fc1cccc(C(F)(F)F)c1[C@@H]1CCCCN1. The molecule has 0 bridgehead atoms. The van der Waals surface area contributed by atoms with Crippen LogP contribution in [0.5, 0.6) is 0 Å². The summed E-state index contributed by atoms with van der Waals surface area (Å²) in [7, 11) is 0. The van der Waals surface area contributed by atoms with E-state index >= 15 is 0 Å². The first kappa shape index (κ1) is 15.2. The summed E-state index contributed by atoms with van der Waals surface area (Å²) in [5.74, 6) is -0.778. The Kier molecular flexibility index (Phi) is 4.99. The lowest BCUT2D eigenvalue weighted by Crippen LogP contribution is -2.29. The molecule has 0 radical (unpaired) electrons. The van der Waals surface area contributed by atoms with E-state index in [1.54, 1.807) is 0 Å². The van der Waals surface area contributed by atoms with E-state index in [1.165, 1.54) is 0 Å². The summed E-state index contributed by atoms with van der Waals surface area (Å²) < 4.78 is 52.0. The van der Waals surface area contributed by atoms with Gasteiger partial charge in [-0.3, -0.25) is 0 Å². The number of hydrogen-bond acceptors (Lipinski definition) is 1. The highest BCUT2D eigenvalue weighted by Gasteiger charge is 2.36. The zero-order valence-corrected chi connectivity index (χ0v) is 10.4. The maximum Gasteiger partial charge on any atom is 0.416 e. The van der Waals surface area contributed by atoms with Crippen LogP contribution in [0.4, 0.5) is 17.6 Å². The lowest BCUT2D eigenvalue weighted by Gasteiger charge is -2.26. The summed E-state index contributed by atoms with van der Waals surface area (Å²) in [6.45, 7) is 0.635. The molecule has 1 saturated heterocycles. The second-order valence-corrected chi connectivity index (χ2v) is 4.20. The molecule has 102 valence electrons. The minimum absolute atomic E-state index is 0. The predicted molar refractivity (Wildman–Crippen MR) is 63.2 cm³/mol. The van der Waals surface area contributed by atoms with Crippen LogP contribution in [0.3, 0.4) is 0 Å². The molecule has 0 amide bonds. The van der Waals surface area contributed by atoms with Crippen LogP contribution in [0.1, 0.15) is 36.4 Å². The lowest BCUT2D eigenvalue weighted by molar-refractivity contribution is -0.138. The molecule has 1 aliphatic rings. The van der Waals surface area contributed by atoms with Gasteiger partial charge in [0.2, 0.25) is 0 Å². The van der Waals surface area contributed by atoms with Crippen LogP contribution in [-0.2, 0) is 6.18 Å². The van der Waals surface area contributed by atoms with Gasteiger partial charge < -0.3 is 5.32 Å². The zero-order valence-electron chi connectivity index (χ0n) is 9.56. The first-order valence-electron chi connectivity index (χ1n) is 5.59. The molecule has 0 aromatic heterocycles. The highest BCUT2D eigenvalue weighted by atomic mass is 35.5. The van der Waals surface area contributed by atoms with Crippen molar-refractivity contribution in [1.29, 1.82) is 0 Å². The third-order valence-corrected chi connectivity index (χ3v) is 3.02. The number of rotatable bonds is 1. The molecule has 1 atom stereocenters. The molecule has 1 fully saturated rings. The average molecular weight is 284 g/mol. The first-order chi connectivity index (χ1) is 8.00. The van der Waals surface area contributed by atoms with Crippen molar-refractivity contribution >= 4 is 12.4 Å². The number of alkyl halides is 3. The topological polar surface area (TPSA) is 12.0 Å². The molecule has 1 heterocycles. The van der Waals surface area contributed by atoms with Crippen LogP contribution in [-0.4, -0.2) is 6.54 Å². The van der Waals surface area contributed by atoms with Crippen LogP contribution < -0.4 is 5.32 Å². The van der Waals surface area contributed by atoms with E-state index in [0.717, 1.165) is 31.0 Å². The minimum Gasteiger partial charge on any atom is -0.310 e. The van der Waals surface area contributed by atoms with Crippen molar-refractivity contribution in [3.63, 3.8) is 0 Å². The van der Waals surface area contributed by atoms with E-state index in [2.05, 4.69) is 5.32 Å². The molecule has 0 aliphatic carbocycles. The Balaban J connectivity index is 0.00000162. The molecule has 1 aliphatic heterocycles. The summed E-state index contributed by atoms with van der Waals surface area (Å²) in [4.78, 5) is 0. The van der Waals surface area contributed by atoms with Gasteiger partial charge >= 0.3 is 6.18 Å². The Hall–Kier alpha value is -0.810. The first-order valence-corrected chi connectivity index (χ1v) is 5.59. The Bertz CT molecular complexity index is 400. The number of halogens is 5. The van der Waals surface area contributed by atoms with Gasteiger partial charge in [-0.15, -0.1) is 12.4 Å². The smallest absolute Gasteiger partial charge is 0.310 e.